The number of rotatable bonds is 4. The molecule has 4 fully saturated rings. The highest BCUT2D eigenvalue weighted by atomic mass is 16.5. The van der Waals surface area contributed by atoms with Crippen LogP contribution < -0.4 is 5.32 Å². The molecule has 0 radical (unpaired) electrons. The van der Waals surface area contributed by atoms with E-state index in [2.05, 4.69) is 33.0 Å². The number of nitrogens with zero attached hydrogens (tertiary/aromatic N) is 3. The molecule has 1 amide bonds. The van der Waals surface area contributed by atoms with Crippen LogP contribution in [-0.2, 0) is 9.53 Å². The Kier molecular flexibility index (Phi) is 3.93. The van der Waals surface area contributed by atoms with Crippen molar-refractivity contribution in [3.05, 3.63) is 30.7 Å². The molecule has 3 saturated heterocycles. The summed E-state index contributed by atoms with van der Waals surface area (Å²) < 4.78 is 5.53. The van der Waals surface area contributed by atoms with Gasteiger partial charge in [-0.2, -0.15) is 0 Å². The van der Waals surface area contributed by atoms with E-state index in [0.717, 1.165) is 62.3 Å². The third kappa shape index (κ3) is 2.81. The zero-order chi connectivity index (χ0) is 18.4. The number of amides is 1. The van der Waals surface area contributed by atoms with Crippen LogP contribution in [0.1, 0.15) is 37.2 Å². The molecule has 0 aromatic carbocycles. The van der Waals surface area contributed by atoms with E-state index in [9.17, 15) is 4.79 Å². The molecular formula is C20H25N5O2. The van der Waals surface area contributed by atoms with Crippen molar-refractivity contribution in [3.8, 4) is 0 Å². The molecule has 2 N–H and O–H groups in total. The van der Waals surface area contributed by atoms with Crippen molar-refractivity contribution in [2.75, 3.05) is 31.6 Å². The van der Waals surface area contributed by atoms with Crippen molar-refractivity contribution >= 4 is 22.8 Å². The average Bonchev–Trinajstić information content (AvgIpc) is 3.12. The van der Waals surface area contributed by atoms with Gasteiger partial charge in [0, 0.05) is 32.5 Å². The van der Waals surface area contributed by atoms with Gasteiger partial charge in [0.1, 0.15) is 17.8 Å². The van der Waals surface area contributed by atoms with Gasteiger partial charge >= 0.3 is 0 Å². The lowest BCUT2D eigenvalue weighted by Gasteiger charge is -2.56. The highest BCUT2D eigenvalue weighted by Gasteiger charge is 2.51. The molecule has 0 unspecified atom stereocenters. The lowest BCUT2D eigenvalue weighted by Crippen LogP contribution is -2.65. The van der Waals surface area contributed by atoms with E-state index < -0.39 is 0 Å². The Balaban J connectivity index is 1.46. The fraction of sp³-hybridized carbons (Fsp3) is 0.550. The predicted octanol–water partition coefficient (Wildman–Crippen LogP) is 2.44. The van der Waals surface area contributed by atoms with E-state index in [1.165, 1.54) is 11.6 Å². The maximum atomic E-state index is 12.1. The minimum absolute atomic E-state index is 0.0166. The fourth-order valence-electron chi connectivity index (χ4n) is 5.15. The molecule has 2 aromatic rings. The first kappa shape index (κ1) is 16.7. The SMILES string of the molecule is C=CC(=O)N1CC2CC(Nc3ncnc4[nH]cc(C5CCOCC5)c34)(C2)C1. The van der Waals surface area contributed by atoms with E-state index in [-0.39, 0.29) is 11.4 Å². The second kappa shape index (κ2) is 6.34. The summed E-state index contributed by atoms with van der Waals surface area (Å²) in [6, 6.07) is 0. The van der Waals surface area contributed by atoms with Gasteiger partial charge in [-0.15, -0.1) is 0 Å². The van der Waals surface area contributed by atoms with Gasteiger partial charge in [0.15, 0.2) is 0 Å². The van der Waals surface area contributed by atoms with Gasteiger partial charge < -0.3 is 19.9 Å². The second-order valence-electron chi connectivity index (χ2n) is 8.18. The minimum Gasteiger partial charge on any atom is -0.381 e. The molecule has 27 heavy (non-hydrogen) atoms. The number of nitrogens with one attached hydrogen (secondary N) is 2. The van der Waals surface area contributed by atoms with Crippen LogP contribution in [0.25, 0.3) is 11.0 Å². The van der Waals surface area contributed by atoms with Gasteiger partial charge in [0.05, 0.1) is 10.9 Å². The van der Waals surface area contributed by atoms with Gasteiger partial charge in [-0.1, -0.05) is 6.58 Å². The molecule has 1 aliphatic carbocycles. The molecule has 2 aromatic heterocycles. The van der Waals surface area contributed by atoms with Crippen LogP contribution in [0.3, 0.4) is 0 Å². The van der Waals surface area contributed by atoms with Crippen LogP contribution in [0.5, 0.6) is 0 Å². The zero-order valence-electron chi connectivity index (χ0n) is 15.4. The molecule has 142 valence electrons. The Hall–Kier alpha value is -2.41. The molecule has 6 rings (SSSR count). The Morgan fingerprint density at radius 2 is 2.19 bits per heavy atom. The average molecular weight is 367 g/mol. The molecule has 7 heteroatoms. The lowest BCUT2D eigenvalue weighted by atomic mass is 9.64. The molecule has 4 aliphatic rings. The smallest absolute Gasteiger partial charge is 0.246 e. The topological polar surface area (TPSA) is 83.1 Å². The monoisotopic (exact) mass is 367 g/mol. The zero-order valence-corrected chi connectivity index (χ0v) is 15.4. The second-order valence-corrected chi connectivity index (χ2v) is 8.18. The van der Waals surface area contributed by atoms with Crippen LogP contribution in [0.2, 0.25) is 0 Å². The van der Waals surface area contributed by atoms with Crippen LogP contribution >= 0.6 is 0 Å². The fourth-order valence-corrected chi connectivity index (χ4v) is 5.15. The van der Waals surface area contributed by atoms with E-state index in [0.29, 0.717) is 18.4 Å². The summed E-state index contributed by atoms with van der Waals surface area (Å²) in [4.78, 5) is 26.3. The number of aromatic nitrogens is 3. The van der Waals surface area contributed by atoms with Gasteiger partial charge in [0.2, 0.25) is 5.91 Å². The van der Waals surface area contributed by atoms with Gasteiger partial charge in [-0.25, -0.2) is 9.97 Å². The molecule has 2 bridgehead atoms. The number of carbonyl (C=O) groups excluding carboxylic acids is 1. The summed E-state index contributed by atoms with van der Waals surface area (Å²) in [5.41, 5.74) is 2.06. The maximum absolute atomic E-state index is 12.1. The first-order valence-corrected chi connectivity index (χ1v) is 9.77. The van der Waals surface area contributed by atoms with Crippen molar-refractivity contribution in [1.82, 2.24) is 19.9 Å². The number of ether oxygens (including phenoxy) is 1. The van der Waals surface area contributed by atoms with Crippen LogP contribution in [0, 0.1) is 5.92 Å². The summed E-state index contributed by atoms with van der Waals surface area (Å²) in [5, 5.41) is 4.80. The minimum atomic E-state index is -0.0902. The standard InChI is InChI=1S/C20H25N5O2/c1-2-16(26)25-10-13-7-20(8-13,11-25)24-19-17-15(14-3-5-27-6-4-14)9-21-18(17)22-12-23-19/h2,9,12-14H,1,3-8,10-11H2,(H2,21,22,23,24). The van der Waals surface area contributed by atoms with Gasteiger partial charge in [-0.05, 0) is 49.2 Å². The Morgan fingerprint density at radius 3 is 2.96 bits per heavy atom. The summed E-state index contributed by atoms with van der Waals surface area (Å²) >= 11 is 0. The molecule has 0 atom stereocenters. The van der Waals surface area contributed by atoms with Crippen molar-refractivity contribution in [1.29, 1.82) is 0 Å². The number of aromatic amines is 1. The highest BCUT2D eigenvalue weighted by Crippen LogP contribution is 2.46. The quantitative estimate of drug-likeness (QED) is 0.811. The van der Waals surface area contributed by atoms with Crippen molar-refractivity contribution in [2.45, 2.75) is 37.1 Å². The molecule has 5 heterocycles. The third-order valence-corrected chi connectivity index (χ3v) is 6.36. The summed E-state index contributed by atoms with van der Waals surface area (Å²) in [5.74, 6) is 1.93. The van der Waals surface area contributed by atoms with Crippen LogP contribution in [0.15, 0.2) is 25.2 Å². The van der Waals surface area contributed by atoms with Crippen molar-refractivity contribution < 1.29 is 9.53 Å². The number of carbonyl (C=O) groups is 1. The van der Waals surface area contributed by atoms with Gasteiger partial charge in [0.25, 0.3) is 0 Å². The molecule has 3 aliphatic heterocycles. The number of anilines is 1. The Labute approximate surface area is 158 Å². The van der Waals surface area contributed by atoms with Crippen LogP contribution in [-0.4, -0.2) is 57.6 Å². The van der Waals surface area contributed by atoms with Crippen molar-refractivity contribution in [3.63, 3.8) is 0 Å². The first-order valence-electron chi connectivity index (χ1n) is 9.77. The van der Waals surface area contributed by atoms with Crippen molar-refractivity contribution in [2.24, 2.45) is 5.92 Å². The summed E-state index contributed by atoms with van der Waals surface area (Å²) in [6.45, 7) is 6.78. The van der Waals surface area contributed by atoms with Crippen LogP contribution in [0.4, 0.5) is 5.82 Å². The maximum Gasteiger partial charge on any atom is 0.246 e. The summed E-state index contributed by atoms with van der Waals surface area (Å²) in [7, 11) is 0. The predicted molar refractivity (Wildman–Crippen MR) is 103 cm³/mol. The normalized spacial score (nSPS) is 28.0. The Morgan fingerprint density at radius 1 is 1.37 bits per heavy atom. The molecule has 0 spiro atoms. The van der Waals surface area contributed by atoms with E-state index in [4.69, 9.17) is 4.74 Å². The number of H-pyrrole nitrogens is 1. The summed E-state index contributed by atoms with van der Waals surface area (Å²) in [6.07, 6.45) is 9.31. The highest BCUT2D eigenvalue weighted by molar-refractivity contribution is 5.91. The van der Waals surface area contributed by atoms with E-state index in [1.807, 2.05) is 4.90 Å². The number of hydrogen-bond acceptors (Lipinski definition) is 5. The lowest BCUT2D eigenvalue weighted by molar-refractivity contribution is -0.132. The number of piperidine rings is 2. The third-order valence-electron chi connectivity index (χ3n) is 6.36. The largest absolute Gasteiger partial charge is 0.381 e. The molecular weight excluding hydrogens is 342 g/mol. The number of hydrogen-bond donors (Lipinski definition) is 2. The molecule has 7 nitrogen and oxygen atoms in total. The Bertz CT molecular complexity index is 880. The van der Waals surface area contributed by atoms with Gasteiger partial charge in [-0.3, -0.25) is 4.79 Å². The molecule has 1 saturated carbocycles. The van der Waals surface area contributed by atoms with E-state index >= 15 is 0 Å². The first-order chi connectivity index (χ1) is 13.2. The van der Waals surface area contributed by atoms with E-state index in [1.54, 1.807) is 6.33 Å². The number of fused-ring (bicyclic) bond motifs is 3.